The summed E-state index contributed by atoms with van der Waals surface area (Å²) in [5, 5.41) is 34.1. The summed E-state index contributed by atoms with van der Waals surface area (Å²) in [7, 11) is -6.30. The van der Waals surface area contributed by atoms with Crippen LogP contribution in [0.4, 0.5) is 21.5 Å². The standard InChI is InChI=1S/C14H21N3O5S.C6H5FN2O4S/c1-22-11-4-2-10(3-5-11)9-16-13-7-6-12(23(15,20)21)8-14(13)17(18)19;7-5-2-1-4(14(8,12)13)3-6(5)9(10)11/h6-8,10-11,16H,2-5,9H2,1H3,(H2,15,20,21);1-3H,(H2,8,12,13). The molecule has 1 fully saturated rings. The summed E-state index contributed by atoms with van der Waals surface area (Å²) >= 11 is 0. The minimum Gasteiger partial charge on any atom is -0.381 e. The first-order valence-corrected chi connectivity index (χ1v) is 13.8. The van der Waals surface area contributed by atoms with Gasteiger partial charge in [0, 0.05) is 25.8 Å². The van der Waals surface area contributed by atoms with E-state index in [1.807, 2.05) is 0 Å². The molecule has 0 atom stereocenters. The number of rotatable bonds is 8. The second kappa shape index (κ2) is 12.3. The Balaban J connectivity index is 0.000000294. The molecule has 1 saturated carbocycles. The van der Waals surface area contributed by atoms with Crippen molar-refractivity contribution in [2.45, 2.75) is 41.6 Å². The Hall–Kier alpha value is -3.25. The van der Waals surface area contributed by atoms with Crippen LogP contribution in [-0.2, 0) is 24.8 Å². The molecule has 3 rings (SSSR count). The summed E-state index contributed by atoms with van der Waals surface area (Å²) in [5.74, 6) is -0.693. The van der Waals surface area contributed by atoms with Gasteiger partial charge >= 0.3 is 5.69 Å². The van der Waals surface area contributed by atoms with E-state index in [1.54, 1.807) is 7.11 Å². The minimum absolute atomic E-state index is 0.268. The van der Waals surface area contributed by atoms with Crippen LogP contribution in [0.25, 0.3) is 0 Å². The lowest BCUT2D eigenvalue weighted by molar-refractivity contribution is -0.387. The summed E-state index contributed by atoms with van der Waals surface area (Å²) < 4.78 is 62.2. The number of halogens is 1. The van der Waals surface area contributed by atoms with Gasteiger partial charge in [-0.3, -0.25) is 20.2 Å². The third-order valence-corrected chi connectivity index (χ3v) is 7.47. The maximum atomic E-state index is 12.7. The van der Waals surface area contributed by atoms with E-state index in [2.05, 4.69) is 5.32 Å². The van der Waals surface area contributed by atoms with Gasteiger partial charge in [-0.15, -0.1) is 0 Å². The molecular formula is C20H26FN5O9S2. The van der Waals surface area contributed by atoms with Gasteiger partial charge in [0.05, 0.1) is 25.7 Å². The number of hydrogen-bond acceptors (Lipinski definition) is 10. The van der Waals surface area contributed by atoms with Crippen LogP contribution in [0.5, 0.6) is 0 Å². The van der Waals surface area contributed by atoms with E-state index in [4.69, 9.17) is 15.0 Å². The first-order chi connectivity index (χ1) is 17.1. The molecule has 204 valence electrons. The molecule has 0 bridgehead atoms. The molecule has 37 heavy (non-hydrogen) atoms. The average molecular weight is 564 g/mol. The van der Waals surface area contributed by atoms with Crippen molar-refractivity contribution in [2.24, 2.45) is 16.2 Å². The van der Waals surface area contributed by atoms with Crippen LogP contribution < -0.4 is 15.6 Å². The number of nitrogens with zero attached hydrogens (tertiary/aromatic N) is 2. The number of ether oxygens (including phenoxy) is 1. The Bertz CT molecular complexity index is 1360. The Morgan fingerprint density at radius 3 is 1.86 bits per heavy atom. The van der Waals surface area contributed by atoms with E-state index in [1.165, 1.54) is 12.1 Å². The van der Waals surface area contributed by atoms with Crippen molar-refractivity contribution in [3.63, 3.8) is 0 Å². The fraction of sp³-hybridized carbons (Fsp3) is 0.400. The van der Waals surface area contributed by atoms with Crippen molar-refractivity contribution >= 4 is 37.1 Å². The Kier molecular flexibility index (Phi) is 9.99. The third-order valence-electron chi connectivity index (χ3n) is 5.65. The molecule has 0 unspecified atom stereocenters. The number of nitrogens with two attached hydrogens (primary N) is 2. The highest BCUT2D eigenvalue weighted by Gasteiger charge is 2.23. The Morgan fingerprint density at radius 2 is 1.41 bits per heavy atom. The maximum Gasteiger partial charge on any atom is 0.306 e. The summed E-state index contributed by atoms with van der Waals surface area (Å²) in [5.41, 5.74) is -0.908. The van der Waals surface area contributed by atoms with Crippen LogP contribution in [-0.4, -0.2) is 46.4 Å². The molecule has 0 spiro atoms. The Morgan fingerprint density at radius 1 is 0.919 bits per heavy atom. The van der Waals surface area contributed by atoms with Gasteiger partial charge in [-0.2, -0.15) is 4.39 Å². The molecule has 0 aliphatic heterocycles. The van der Waals surface area contributed by atoms with Gasteiger partial charge in [-0.1, -0.05) is 0 Å². The van der Waals surface area contributed by atoms with Crippen molar-refractivity contribution in [1.29, 1.82) is 0 Å². The van der Waals surface area contributed by atoms with E-state index in [0.29, 0.717) is 36.4 Å². The topological polar surface area (TPSA) is 228 Å². The predicted molar refractivity (Wildman–Crippen MR) is 130 cm³/mol. The van der Waals surface area contributed by atoms with Gasteiger partial charge in [0.1, 0.15) is 5.69 Å². The van der Waals surface area contributed by atoms with Crippen LogP contribution in [0.3, 0.4) is 0 Å². The molecular weight excluding hydrogens is 537 g/mol. The number of anilines is 1. The molecule has 17 heteroatoms. The summed E-state index contributed by atoms with van der Waals surface area (Å²) in [6.07, 6.45) is 4.25. The van der Waals surface area contributed by atoms with Gasteiger partial charge in [-0.25, -0.2) is 27.1 Å². The number of methoxy groups -OCH3 is 1. The van der Waals surface area contributed by atoms with Gasteiger partial charge in [0.25, 0.3) is 5.69 Å². The van der Waals surface area contributed by atoms with E-state index < -0.39 is 46.3 Å². The lowest BCUT2D eigenvalue weighted by Gasteiger charge is -2.27. The highest BCUT2D eigenvalue weighted by molar-refractivity contribution is 7.89. The van der Waals surface area contributed by atoms with Crippen molar-refractivity contribution < 1.29 is 35.8 Å². The molecule has 0 saturated heterocycles. The van der Waals surface area contributed by atoms with Crippen LogP contribution in [0, 0.1) is 32.0 Å². The summed E-state index contributed by atoms with van der Waals surface area (Å²) in [6, 6.07) is 5.75. The van der Waals surface area contributed by atoms with E-state index in [0.717, 1.165) is 37.8 Å². The zero-order chi connectivity index (χ0) is 28.0. The van der Waals surface area contributed by atoms with Crippen molar-refractivity contribution in [2.75, 3.05) is 19.0 Å². The number of hydrogen-bond donors (Lipinski definition) is 3. The van der Waals surface area contributed by atoms with Gasteiger partial charge in [0.2, 0.25) is 25.9 Å². The van der Waals surface area contributed by atoms with Crippen molar-refractivity contribution in [3.8, 4) is 0 Å². The normalized spacial score (nSPS) is 17.8. The molecule has 2 aromatic rings. The lowest BCUT2D eigenvalue weighted by atomic mass is 9.87. The second-order valence-corrected chi connectivity index (χ2v) is 11.3. The maximum absolute atomic E-state index is 12.7. The molecule has 14 nitrogen and oxygen atoms in total. The minimum atomic E-state index is -4.05. The third kappa shape index (κ3) is 8.67. The SMILES string of the molecule is COC1CCC(CNc2ccc(S(N)(=O)=O)cc2[N+](=O)[O-])CC1.NS(=O)(=O)c1ccc(F)c([N+](=O)[O-])c1. The van der Waals surface area contributed by atoms with Crippen LogP contribution in [0.2, 0.25) is 0 Å². The lowest BCUT2D eigenvalue weighted by Crippen LogP contribution is -2.25. The predicted octanol–water partition coefficient (Wildman–Crippen LogP) is 2.24. The van der Waals surface area contributed by atoms with Gasteiger partial charge in [0.15, 0.2) is 0 Å². The molecule has 1 aliphatic rings. The molecule has 2 aromatic carbocycles. The van der Waals surface area contributed by atoms with E-state index >= 15 is 0 Å². The van der Waals surface area contributed by atoms with Crippen LogP contribution in [0.15, 0.2) is 46.2 Å². The molecule has 1 aliphatic carbocycles. The van der Waals surface area contributed by atoms with E-state index in [9.17, 15) is 41.5 Å². The smallest absolute Gasteiger partial charge is 0.306 e. The van der Waals surface area contributed by atoms with Crippen molar-refractivity contribution in [3.05, 3.63) is 62.4 Å². The molecule has 0 amide bonds. The monoisotopic (exact) mass is 563 g/mol. The van der Waals surface area contributed by atoms with Gasteiger partial charge in [-0.05, 0) is 55.9 Å². The van der Waals surface area contributed by atoms with Crippen LogP contribution >= 0.6 is 0 Å². The largest absolute Gasteiger partial charge is 0.381 e. The quantitative estimate of drug-likeness (QED) is 0.313. The number of benzene rings is 2. The van der Waals surface area contributed by atoms with Gasteiger partial charge < -0.3 is 10.1 Å². The number of nitro benzene ring substituents is 2. The number of nitrogens with one attached hydrogen (secondary N) is 1. The fourth-order valence-electron chi connectivity index (χ4n) is 3.62. The first kappa shape index (κ1) is 30.0. The number of primary sulfonamides is 2. The zero-order valence-corrected chi connectivity index (χ0v) is 21.2. The number of sulfonamides is 2. The highest BCUT2D eigenvalue weighted by Crippen LogP contribution is 2.30. The summed E-state index contributed by atoms with van der Waals surface area (Å²) in [4.78, 5) is 19.0. The van der Waals surface area contributed by atoms with Crippen molar-refractivity contribution in [1.82, 2.24) is 0 Å². The molecule has 0 aromatic heterocycles. The zero-order valence-electron chi connectivity index (χ0n) is 19.6. The average Bonchev–Trinajstić information content (AvgIpc) is 2.82. The van der Waals surface area contributed by atoms with Crippen LogP contribution in [0.1, 0.15) is 25.7 Å². The summed E-state index contributed by atoms with van der Waals surface area (Å²) in [6.45, 7) is 0.603. The first-order valence-electron chi connectivity index (χ1n) is 10.7. The fourth-order valence-corrected chi connectivity index (χ4v) is 4.69. The Labute approximate surface area is 212 Å². The molecule has 0 radical (unpaired) electrons. The second-order valence-electron chi connectivity index (χ2n) is 8.16. The van der Waals surface area contributed by atoms with E-state index in [-0.39, 0.29) is 10.6 Å². The molecule has 0 heterocycles. The molecule has 5 N–H and O–H groups in total. The number of nitro groups is 2. The highest BCUT2D eigenvalue weighted by atomic mass is 32.2.